The van der Waals surface area contributed by atoms with E-state index in [0.717, 1.165) is 18.4 Å². The zero-order valence-corrected chi connectivity index (χ0v) is 11.7. The third-order valence-corrected chi connectivity index (χ3v) is 3.74. The highest BCUT2D eigenvalue weighted by molar-refractivity contribution is 7.86. The average Bonchev–Trinajstić information content (AvgIpc) is 2.34. The van der Waals surface area contributed by atoms with Gasteiger partial charge in [-0.2, -0.15) is 8.42 Å². The molecule has 0 atom stereocenters. The lowest BCUT2D eigenvalue weighted by Crippen LogP contribution is -2.12. The Balaban J connectivity index is 2.38. The fraction of sp³-hybridized carbons (Fsp3) is 0.538. The van der Waals surface area contributed by atoms with Crippen LogP contribution in [0.5, 0.6) is 0 Å². The van der Waals surface area contributed by atoms with E-state index in [0.29, 0.717) is 13.2 Å². The molecular formula is C13H20O4S. The Hall–Kier alpha value is -0.910. The van der Waals surface area contributed by atoms with Gasteiger partial charge in [-0.3, -0.25) is 4.18 Å². The molecule has 0 aliphatic rings. The second kappa shape index (κ2) is 7.51. The highest BCUT2D eigenvalue weighted by Gasteiger charge is 2.14. The van der Waals surface area contributed by atoms with Crippen LogP contribution >= 0.6 is 0 Å². The molecule has 18 heavy (non-hydrogen) atoms. The first-order valence-electron chi connectivity index (χ1n) is 6.10. The molecule has 0 fully saturated rings. The summed E-state index contributed by atoms with van der Waals surface area (Å²) in [6.07, 6.45) is 2.03. The van der Waals surface area contributed by atoms with Gasteiger partial charge in [0.2, 0.25) is 0 Å². The van der Waals surface area contributed by atoms with E-state index in [4.69, 9.17) is 8.92 Å². The van der Waals surface area contributed by atoms with Crippen LogP contribution in [-0.2, 0) is 19.0 Å². The molecule has 0 amide bonds. The largest absolute Gasteiger partial charge is 0.379 e. The van der Waals surface area contributed by atoms with Crippen molar-refractivity contribution in [1.29, 1.82) is 0 Å². The minimum Gasteiger partial charge on any atom is -0.379 e. The van der Waals surface area contributed by atoms with Crippen LogP contribution in [0.1, 0.15) is 25.3 Å². The molecule has 0 aromatic heterocycles. The van der Waals surface area contributed by atoms with Crippen molar-refractivity contribution >= 4 is 10.1 Å². The monoisotopic (exact) mass is 272 g/mol. The Labute approximate surface area is 109 Å². The van der Waals surface area contributed by atoms with Crippen LogP contribution < -0.4 is 0 Å². The van der Waals surface area contributed by atoms with Gasteiger partial charge in [0.1, 0.15) is 0 Å². The number of hydrogen-bond donors (Lipinski definition) is 0. The second-order valence-electron chi connectivity index (χ2n) is 4.06. The van der Waals surface area contributed by atoms with Gasteiger partial charge in [0.05, 0.1) is 18.1 Å². The molecule has 0 saturated carbocycles. The lowest BCUT2D eigenvalue weighted by molar-refractivity contribution is 0.1000. The molecule has 0 N–H and O–H groups in total. The highest BCUT2D eigenvalue weighted by Crippen LogP contribution is 2.12. The van der Waals surface area contributed by atoms with Crippen molar-refractivity contribution < 1.29 is 17.3 Å². The van der Waals surface area contributed by atoms with Crippen molar-refractivity contribution in [2.75, 3.05) is 19.8 Å². The molecule has 0 unspecified atom stereocenters. The molecule has 0 bridgehead atoms. The van der Waals surface area contributed by atoms with Gasteiger partial charge in [-0.05, 0) is 25.5 Å². The molecule has 1 aromatic carbocycles. The molecule has 1 aromatic rings. The maximum absolute atomic E-state index is 11.8. The Bertz CT molecular complexity index is 437. The molecule has 5 heteroatoms. The maximum atomic E-state index is 11.8. The molecule has 102 valence electrons. The zero-order valence-electron chi connectivity index (χ0n) is 10.9. The van der Waals surface area contributed by atoms with E-state index in [-0.39, 0.29) is 11.5 Å². The molecule has 0 saturated heterocycles. The number of rotatable bonds is 8. The first-order chi connectivity index (χ1) is 8.56. The normalized spacial score (nSPS) is 11.7. The summed E-state index contributed by atoms with van der Waals surface area (Å²) < 4.78 is 33.6. The van der Waals surface area contributed by atoms with Gasteiger partial charge in [0.25, 0.3) is 10.1 Å². The van der Waals surface area contributed by atoms with E-state index in [1.54, 1.807) is 24.3 Å². The van der Waals surface area contributed by atoms with Crippen LogP contribution in [0.3, 0.4) is 0 Å². The molecule has 0 spiro atoms. The van der Waals surface area contributed by atoms with Gasteiger partial charge >= 0.3 is 0 Å². The van der Waals surface area contributed by atoms with E-state index in [9.17, 15) is 8.42 Å². The van der Waals surface area contributed by atoms with Crippen molar-refractivity contribution in [3.8, 4) is 0 Å². The Morgan fingerprint density at radius 3 is 2.33 bits per heavy atom. The third kappa shape index (κ3) is 5.16. The van der Waals surface area contributed by atoms with E-state index >= 15 is 0 Å². The Kier molecular flexibility index (Phi) is 6.32. The van der Waals surface area contributed by atoms with E-state index < -0.39 is 10.1 Å². The van der Waals surface area contributed by atoms with Crippen molar-refractivity contribution in [2.24, 2.45) is 0 Å². The summed E-state index contributed by atoms with van der Waals surface area (Å²) in [4.78, 5) is 0.182. The topological polar surface area (TPSA) is 52.6 Å². The predicted octanol–water partition coefficient (Wildman–Crippen LogP) is 2.52. The van der Waals surface area contributed by atoms with Crippen LogP contribution in [0.2, 0.25) is 0 Å². The van der Waals surface area contributed by atoms with Crippen molar-refractivity contribution in [3.63, 3.8) is 0 Å². The standard InChI is InChI=1S/C13H20O4S/c1-3-4-9-16-10-11-17-18(14,15)13-7-5-12(2)6-8-13/h5-8H,3-4,9-11H2,1-2H3. The molecular weight excluding hydrogens is 252 g/mol. The molecule has 0 aliphatic heterocycles. The summed E-state index contributed by atoms with van der Waals surface area (Å²) in [6, 6.07) is 6.58. The van der Waals surface area contributed by atoms with Gasteiger partial charge in [0.15, 0.2) is 0 Å². The van der Waals surface area contributed by atoms with Crippen LogP contribution in [0.15, 0.2) is 29.2 Å². The Morgan fingerprint density at radius 1 is 1.06 bits per heavy atom. The van der Waals surface area contributed by atoms with Gasteiger partial charge in [-0.15, -0.1) is 0 Å². The van der Waals surface area contributed by atoms with Crippen LogP contribution in [0.4, 0.5) is 0 Å². The third-order valence-electron chi connectivity index (χ3n) is 2.42. The molecule has 0 aliphatic carbocycles. The lowest BCUT2D eigenvalue weighted by atomic mass is 10.2. The minimum absolute atomic E-state index is 0.0555. The number of benzene rings is 1. The molecule has 4 nitrogen and oxygen atoms in total. The van der Waals surface area contributed by atoms with Crippen LogP contribution in [0, 0.1) is 6.92 Å². The van der Waals surface area contributed by atoms with Crippen molar-refractivity contribution in [3.05, 3.63) is 29.8 Å². The Morgan fingerprint density at radius 2 is 1.72 bits per heavy atom. The van der Waals surface area contributed by atoms with Crippen molar-refractivity contribution in [2.45, 2.75) is 31.6 Å². The fourth-order valence-corrected chi connectivity index (χ4v) is 2.22. The van der Waals surface area contributed by atoms with Gasteiger partial charge in [-0.1, -0.05) is 31.0 Å². The van der Waals surface area contributed by atoms with Gasteiger partial charge < -0.3 is 4.74 Å². The number of unbranched alkanes of at least 4 members (excludes halogenated alkanes) is 1. The minimum atomic E-state index is -3.65. The zero-order chi connectivity index (χ0) is 13.4. The van der Waals surface area contributed by atoms with Crippen LogP contribution in [-0.4, -0.2) is 28.2 Å². The number of aryl methyl sites for hydroxylation is 1. The number of ether oxygens (including phenoxy) is 1. The smallest absolute Gasteiger partial charge is 0.297 e. The second-order valence-corrected chi connectivity index (χ2v) is 5.67. The van der Waals surface area contributed by atoms with Crippen molar-refractivity contribution in [1.82, 2.24) is 0 Å². The summed E-state index contributed by atoms with van der Waals surface area (Å²) in [5.74, 6) is 0. The summed E-state index contributed by atoms with van der Waals surface area (Å²) in [5.41, 5.74) is 1.01. The summed E-state index contributed by atoms with van der Waals surface area (Å²) >= 11 is 0. The van der Waals surface area contributed by atoms with Crippen LogP contribution in [0.25, 0.3) is 0 Å². The van der Waals surface area contributed by atoms with E-state index in [2.05, 4.69) is 6.92 Å². The first-order valence-corrected chi connectivity index (χ1v) is 7.51. The average molecular weight is 272 g/mol. The van der Waals surface area contributed by atoms with E-state index in [1.165, 1.54) is 0 Å². The van der Waals surface area contributed by atoms with Gasteiger partial charge in [-0.25, -0.2) is 0 Å². The highest BCUT2D eigenvalue weighted by atomic mass is 32.2. The quantitative estimate of drug-likeness (QED) is 0.539. The molecule has 0 heterocycles. The predicted molar refractivity (Wildman–Crippen MR) is 70.0 cm³/mol. The van der Waals surface area contributed by atoms with E-state index in [1.807, 2.05) is 6.92 Å². The fourth-order valence-electron chi connectivity index (χ4n) is 1.32. The first kappa shape index (κ1) is 15.1. The summed E-state index contributed by atoms with van der Waals surface area (Å²) in [5, 5.41) is 0. The summed E-state index contributed by atoms with van der Waals surface area (Å²) in [7, 11) is -3.65. The molecule has 1 rings (SSSR count). The summed E-state index contributed by atoms with van der Waals surface area (Å²) in [6.45, 7) is 4.97. The number of hydrogen-bond acceptors (Lipinski definition) is 4. The SMILES string of the molecule is CCCCOCCOS(=O)(=O)c1ccc(C)cc1. The molecule has 0 radical (unpaired) electrons. The lowest BCUT2D eigenvalue weighted by Gasteiger charge is -2.06. The van der Waals surface area contributed by atoms with Gasteiger partial charge in [0, 0.05) is 6.61 Å². The maximum Gasteiger partial charge on any atom is 0.297 e.